The third-order valence-corrected chi connectivity index (χ3v) is 4.06. The van der Waals surface area contributed by atoms with Crippen molar-refractivity contribution < 1.29 is 14.3 Å². The first kappa shape index (κ1) is 19.7. The number of rotatable bonds is 6. The summed E-state index contributed by atoms with van der Waals surface area (Å²) in [5.41, 5.74) is 0.743. The average molecular weight is 399 g/mol. The minimum Gasteiger partial charge on any atom is -0.495 e. The van der Waals surface area contributed by atoms with E-state index in [0.29, 0.717) is 11.4 Å². The van der Waals surface area contributed by atoms with Crippen LogP contribution in [0.1, 0.15) is 5.56 Å². The topological polar surface area (TPSA) is 102 Å². The zero-order valence-corrected chi connectivity index (χ0v) is 15.5. The number of hydrogen-bond acceptors (Lipinski definition) is 5. The van der Waals surface area contributed by atoms with Gasteiger partial charge in [0.15, 0.2) is 0 Å². The van der Waals surface area contributed by atoms with Crippen LogP contribution in [0.4, 0.5) is 5.69 Å². The number of halogens is 2. The minimum atomic E-state index is -0.691. The molecule has 0 spiro atoms. The fraction of sp³-hybridized carbons (Fsp3) is 0.250. The molecule has 138 valence electrons. The van der Waals surface area contributed by atoms with Crippen LogP contribution in [0.2, 0.25) is 10.0 Å². The molecule has 1 aromatic heterocycles. The van der Waals surface area contributed by atoms with Crippen molar-refractivity contribution in [1.82, 2.24) is 15.1 Å². The first-order valence-corrected chi connectivity index (χ1v) is 8.19. The number of carbonyl (C=O) groups excluding carboxylic acids is 2. The van der Waals surface area contributed by atoms with E-state index < -0.39 is 23.9 Å². The van der Waals surface area contributed by atoms with Gasteiger partial charge in [-0.1, -0.05) is 29.3 Å². The summed E-state index contributed by atoms with van der Waals surface area (Å²) in [6, 6.07) is 5.32. The third-order valence-electron chi connectivity index (χ3n) is 3.31. The maximum atomic E-state index is 12.0. The first-order chi connectivity index (χ1) is 12.3. The van der Waals surface area contributed by atoms with Gasteiger partial charge in [-0.2, -0.15) is 5.10 Å². The molecule has 0 aliphatic heterocycles. The Morgan fingerprint density at radius 2 is 2.00 bits per heavy atom. The van der Waals surface area contributed by atoms with Crippen LogP contribution in [-0.2, 0) is 16.1 Å². The number of benzene rings is 1. The van der Waals surface area contributed by atoms with Gasteiger partial charge in [0, 0.05) is 0 Å². The quantitative estimate of drug-likeness (QED) is 0.769. The largest absolute Gasteiger partial charge is 0.495 e. The monoisotopic (exact) mass is 398 g/mol. The van der Waals surface area contributed by atoms with Crippen molar-refractivity contribution >= 4 is 40.7 Å². The molecule has 2 N–H and O–H groups in total. The lowest BCUT2D eigenvalue weighted by molar-refractivity contribution is -0.124. The number of hydrogen-bond donors (Lipinski definition) is 2. The van der Waals surface area contributed by atoms with Gasteiger partial charge in [0.2, 0.25) is 11.8 Å². The molecule has 0 aliphatic rings. The summed E-state index contributed by atoms with van der Waals surface area (Å²) in [6.45, 7) is 1.20. The van der Waals surface area contributed by atoms with Crippen LogP contribution in [0, 0.1) is 6.92 Å². The van der Waals surface area contributed by atoms with Gasteiger partial charge in [0.25, 0.3) is 5.56 Å². The van der Waals surface area contributed by atoms with Crippen LogP contribution in [-0.4, -0.2) is 35.2 Å². The lowest BCUT2D eigenvalue weighted by atomic mass is 10.2. The van der Waals surface area contributed by atoms with Gasteiger partial charge in [0.1, 0.15) is 17.3 Å². The van der Waals surface area contributed by atoms with Crippen molar-refractivity contribution in [3.8, 4) is 5.75 Å². The highest BCUT2D eigenvalue weighted by Gasteiger charge is 2.13. The highest BCUT2D eigenvalue weighted by molar-refractivity contribution is 6.41. The molecule has 2 rings (SSSR count). The molecule has 0 radical (unpaired) electrons. The lowest BCUT2D eigenvalue weighted by Gasteiger charge is -2.11. The molecule has 2 amide bonds. The van der Waals surface area contributed by atoms with Crippen molar-refractivity contribution in [3.63, 3.8) is 0 Å². The number of aryl methyl sites for hydroxylation is 1. The molecule has 1 heterocycles. The fourth-order valence-corrected chi connectivity index (χ4v) is 2.31. The van der Waals surface area contributed by atoms with Crippen molar-refractivity contribution in [2.45, 2.75) is 13.5 Å². The number of methoxy groups -OCH3 is 1. The minimum absolute atomic E-state index is 0.000181. The Hall–Kier alpha value is -2.58. The van der Waals surface area contributed by atoms with Crippen molar-refractivity contribution in [1.29, 1.82) is 0 Å². The Kier molecular flexibility index (Phi) is 6.59. The Balaban J connectivity index is 1.93. The molecule has 0 bridgehead atoms. The van der Waals surface area contributed by atoms with Gasteiger partial charge in [-0.15, -0.1) is 0 Å². The Labute approximate surface area is 159 Å². The van der Waals surface area contributed by atoms with E-state index in [9.17, 15) is 14.4 Å². The Morgan fingerprint density at radius 3 is 2.69 bits per heavy atom. The first-order valence-electron chi connectivity index (χ1n) is 7.44. The lowest BCUT2D eigenvalue weighted by Crippen LogP contribution is -2.37. The second-order valence-electron chi connectivity index (χ2n) is 5.30. The number of anilines is 1. The number of ether oxygens (including phenoxy) is 1. The number of nitrogens with one attached hydrogen (secondary N) is 2. The van der Waals surface area contributed by atoms with Crippen LogP contribution >= 0.6 is 23.2 Å². The fourth-order valence-electron chi connectivity index (χ4n) is 2.04. The van der Waals surface area contributed by atoms with Gasteiger partial charge in [-0.05, 0) is 24.6 Å². The smallest absolute Gasteiger partial charge is 0.287 e. The van der Waals surface area contributed by atoms with Crippen LogP contribution in [0.25, 0.3) is 0 Å². The van der Waals surface area contributed by atoms with Crippen LogP contribution in [0.15, 0.2) is 29.2 Å². The van der Waals surface area contributed by atoms with Gasteiger partial charge < -0.3 is 15.4 Å². The number of amides is 2. The summed E-state index contributed by atoms with van der Waals surface area (Å²) < 4.78 is 6.02. The molecule has 8 nitrogen and oxygen atoms in total. The molecule has 0 saturated carbocycles. The molecule has 26 heavy (non-hydrogen) atoms. The normalized spacial score (nSPS) is 10.3. The second kappa shape index (κ2) is 8.68. The number of aromatic nitrogens is 2. The van der Waals surface area contributed by atoms with Gasteiger partial charge in [0.05, 0.1) is 30.6 Å². The molecule has 10 heteroatoms. The maximum absolute atomic E-state index is 12.0. The zero-order chi connectivity index (χ0) is 19.3. The molecular weight excluding hydrogens is 383 g/mol. The van der Waals surface area contributed by atoms with E-state index in [-0.39, 0.29) is 16.6 Å². The highest BCUT2D eigenvalue weighted by Crippen LogP contribution is 2.24. The molecular formula is C16H16Cl2N4O4. The van der Waals surface area contributed by atoms with Crippen molar-refractivity contribution in [2.75, 3.05) is 19.0 Å². The third kappa shape index (κ3) is 4.96. The molecule has 0 atom stereocenters. The van der Waals surface area contributed by atoms with Gasteiger partial charge >= 0.3 is 0 Å². The van der Waals surface area contributed by atoms with Crippen molar-refractivity contribution in [3.05, 3.63) is 50.4 Å². The molecule has 0 fully saturated rings. The summed E-state index contributed by atoms with van der Waals surface area (Å²) in [4.78, 5) is 35.7. The van der Waals surface area contributed by atoms with E-state index in [4.69, 9.17) is 27.9 Å². The predicted molar refractivity (Wildman–Crippen MR) is 97.9 cm³/mol. The molecule has 1 aromatic carbocycles. The Bertz CT molecular complexity index is 898. The summed E-state index contributed by atoms with van der Waals surface area (Å²) in [5.74, 6) is -0.525. The van der Waals surface area contributed by atoms with E-state index >= 15 is 0 Å². The van der Waals surface area contributed by atoms with Gasteiger partial charge in [-0.25, -0.2) is 4.68 Å². The van der Waals surface area contributed by atoms with Crippen LogP contribution in [0.3, 0.4) is 0 Å². The molecule has 0 saturated heterocycles. The second-order valence-corrected chi connectivity index (χ2v) is 6.08. The zero-order valence-electron chi connectivity index (χ0n) is 14.0. The maximum Gasteiger partial charge on any atom is 0.287 e. The SMILES string of the molecule is COc1ccc(C)cc1NC(=O)CNC(=O)Cn1ncc(Cl)c(Cl)c1=O. The summed E-state index contributed by atoms with van der Waals surface area (Å²) in [6.07, 6.45) is 1.16. The van der Waals surface area contributed by atoms with Crippen LogP contribution in [0.5, 0.6) is 5.75 Å². The summed E-state index contributed by atoms with van der Waals surface area (Å²) in [5, 5.41) is 8.54. The van der Waals surface area contributed by atoms with E-state index in [1.54, 1.807) is 12.1 Å². The van der Waals surface area contributed by atoms with E-state index in [2.05, 4.69) is 15.7 Å². The Morgan fingerprint density at radius 1 is 1.27 bits per heavy atom. The predicted octanol–water partition coefficient (Wildman–Crippen LogP) is 1.62. The van der Waals surface area contributed by atoms with E-state index in [0.717, 1.165) is 16.4 Å². The molecule has 2 aromatic rings. The van der Waals surface area contributed by atoms with E-state index in [1.165, 1.54) is 7.11 Å². The summed E-state index contributed by atoms with van der Waals surface area (Å²) in [7, 11) is 1.49. The average Bonchev–Trinajstić information content (AvgIpc) is 2.61. The summed E-state index contributed by atoms with van der Waals surface area (Å²) >= 11 is 11.4. The van der Waals surface area contributed by atoms with E-state index in [1.807, 2.05) is 13.0 Å². The molecule has 0 aliphatic carbocycles. The van der Waals surface area contributed by atoms with Gasteiger partial charge in [-0.3, -0.25) is 14.4 Å². The molecule has 0 unspecified atom stereocenters. The van der Waals surface area contributed by atoms with Crippen LogP contribution < -0.4 is 20.9 Å². The number of nitrogens with zero attached hydrogens (tertiary/aromatic N) is 2. The van der Waals surface area contributed by atoms with Crippen molar-refractivity contribution in [2.24, 2.45) is 0 Å². The standard InChI is InChI=1S/C16H16Cl2N4O4/c1-9-3-4-12(26-2)11(5-9)21-13(23)7-19-14(24)8-22-16(25)15(18)10(17)6-20-22/h3-6H,7-8H2,1-2H3,(H,19,24)(H,21,23). The highest BCUT2D eigenvalue weighted by atomic mass is 35.5. The number of carbonyl (C=O) groups is 2.